The Hall–Kier alpha value is -0.490. The summed E-state index contributed by atoms with van der Waals surface area (Å²) in [7, 11) is 0. The zero-order valence-electron chi connectivity index (χ0n) is 11.3. The average Bonchev–Trinajstić information content (AvgIpc) is 3.06. The van der Waals surface area contributed by atoms with Crippen molar-refractivity contribution in [2.45, 2.75) is 38.1 Å². The molecule has 3 N–H and O–H groups in total. The van der Waals surface area contributed by atoms with Gasteiger partial charge in [-0.2, -0.15) is 0 Å². The number of hydrogen-bond acceptors (Lipinski definition) is 1. The Labute approximate surface area is 137 Å². The molecule has 19 heavy (non-hydrogen) atoms. The van der Waals surface area contributed by atoms with Crippen molar-refractivity contribution in [1.29, 1.82) is 0 Å². The lowest BCUT2D eigenvalue weighted by atomic mass is 9.96. The molecule has 5 heteroatoms. The van der Waals surface area contributed by atoms with Gasteiger partial charge in [0.2, 0.25) is 0 Å². The minimum Gasteiger partial charge on any atom is -0.370 e. The first kappa shape index (κ1) is 16.6. The van der Waals surface area contributed by atoms with Gasteiger partial charge in [-0.15, -0.1) is 24.0 Å². The van der Waals surface area contributed by atoms with E-state index < -0.39 is 0 Å². The zero-order valence-corrected chi connectivity index (χ0v) is 14.4. The number of aliphatic imine (C=N–C) groups is 1. The highest BCUT2D eigenvalue weighted by Crippen LogP contribution is 2.48. The van der Waals surface area contributed by atoms with E-state index in [0.29, 0.717) is 12.0 Å². The molecule has 0 heterocycles. The van der Waals surface area contributed by atoms with E-state index in [1.807, 2.05) is 32.0 Å². The first-order valence-corrected chi connectivity index (χ1v) is 6.72. The summed E-state index contributed by atoms with van der Waals surface area (Å²) in [6.45, 7) is 4.83. The summed E-state index contributed by atoms with van der Waals surface area (Å²) < 4.78 is 0. The monoisotopic (exact) mass is 393 g/mol. The van der Waals surface area contributed by atoms with Gasteiger partial charge in [0.15, 0.2) is 5.96 Å². The molecule has 0 radical (unpaired) electrons. The van der Waals surface area contributed by atoms with E-state index in [1.54, 1.807) is 0 Å². The van der Waals surface area contributed by atoms with Crippen LogP contribution >= 0.6 is 35.6 Å². The van der Waals surface area contributed by atoms with Gasteiger partial charge in [-0.25, -0.2) is 0 Å². The summed E-state index contributed by atoms with van der Waals surface area (Å²) in [5, 5.41) is 3.90. The van der Waals surface area contributed by atoms with Crippen LogP contribution in [-0.4, -0.2) is 18.5 Å². The summed E-state index contributed by atoms with van der Waals surface area (Å²) >= 11 is 6.04. The van der Waals surface area contributed by atoms with Crippen LogP contribution < -0.4 is 11.1 Å². The van der Waals surface area contributed by atoms with Gasteiger partial charge in [-0.05, 0) is 44.4 Å². The molecule has 2 rings (SSSR count). The normalized spacial score (nSPS) is 16.9. The second kappa shape index (κ2) is 6.79. The summed E-state index contributed by atoms with van der Waals surface area (Å²) in [5.74, 6) is 0.526. The van der Waals surface area contributed by atoms with Crippen molar-refractivity contribution < 1.29 is 0 Å². The molecule has 1 saturated carbocycles. The van der Waals surface area contributed by atoms with Crippen molar-refractivity contribution in [2.24, 2.45) is 10.7 Å². The molecule has 3 nitrogen and oxygen atoms in total. The van der Waals surface area contributed by atoms with Crippen LogP contribution in [0.3, 0.4) is 0 Å². The van der Waals surface area contributed by atoms with Crippen molar-refractivity contribution in [2.75, 3.05) is 6.54 Å². The molecule has 106 valence electrons. The number of rotatable bonds is 4. The summed E-state index contributed by atoms with van der Waals surface area (Å²) in [6.07, 6.45) is 2.32. The highest BCUT2D eigenvalue weighted by molar-refractivity contribution is 14.0. The number of halogens is 2. The predicted octanol–water partition coefficient (Wildman–Crippen LogP) is 3.30. The molecule has 1 aromatic carbocycles. The van der Waals surface area contributed by atoms with E-state index in [9.17, 15) is 0 Å². The van der Waals surface area contributed by atoms with Crippen LogP contribution in [0.1, 0.15) is 32.3 Å². The molecule has 1 aliphatic rings. The standard InChI is InChI=1S/C14H20ClN3.HI/c1-10(2)18-13(16)17-9-14(6-7-14)11-4-3-5-12(15)8-11;/h3-5,8,10H,6-7,9H2,1-2H3,(H3,16,17,18);1H. The van der Waals surface area contributed by atoms with E-state index in [1.165, 1.54) is 5.56 Å². The van der Waals surface area contributed by atoms with Gasteiger partial charge in [-0.1, -0.05) is 23.7 Å². The second-order valence-electron chi connectivity index (χ2n) is 5.29. The number of nitrogens with zero attached hydrogens (tertiary/aromatic N) is 1. The SMILES string of the molecule is CC(C)NC(N)=NCC1(c2cccc(Cl)c2)CC1.I. The fourth-order valence-electron chi connectivity index (χ4n) is 2.09. The molecule has 0 unspecified atom stereocenters. The number of benzene rings is 1. The van der Waals surface area contributed by atoms with Crippen LogP contribution in [0.25, 0.3) is 0 Å². The zero-order chi connectivity index (χ0) is 13.2. The molecule has 0 atom stereocenters. The molecule has 0 bridgehead atoms. The van der Waals surface area contributed by atoms with E-state index in [-0.39, 0.29) is 29.4 Å². The first-order chi connectivity index (χ1) is 8.52. The highest BCUT2D eigenvalue weighted by atomic mass is 127. The first-order valence-electron chi connectivity index (χ1n) is 6.34. The largest absolute Gasteiger partial charge is 0.370 e. The van der Waals surface area contributed by atoms with Gasteiger partial charge in [0.1, 0.15) is 0 Å². The lowest BCUT2D eigenvalue weighted by molar-refractivity contribution is 0.684. The highest BCUT2D eigenvalue weighted by Gasteiger charge is 2.44. The van der Waals surface area contributed by atoms with Crippen LogP contribution in [0, 0.1) is 0 Å². The minimum absolute atomic E-state index is 0. The molecule has 1 aromatic rings. The van der Waals surface area contributed by atoms with Gasteiger partial charge in [0, 0.05) is 16.5 Å². The summed E-state index contributed by atoms with van der Waals surface area (Å²) in [5.41, 5.74) is 7.27. The van der Waals surface area contributed by atoms with Crippen molar-refractivity contribution in [3.63, 3.8) is 0 Å². The minimum atomic E-state index is 0. The molecule has 0 amide bonds. The van der Waals surface area contributed by atoms with Crippen molar-refractivity contribution in [3.05, 3.63) is 34.9 Å². The smallest absolute Gasteiger partial charge is 0.188 e. The third-order valence-corrected chi connectivity index (χ3v) is 3.51. The van der Waals surface area contributed by atoms with Crippen LogP contribution in [0.4, 0.5) is 0 Å². The van der Waals surface area contributed by atoms with Crippen LogP contribution in [0.2, 0.25) is 5.02 Å². The Bertz CT molecular complexity index is 456. The average molecular weight is 394 g/mol. The van der Waals surface area contributed by atoms with Crippen molar-refractivity contribution in [3.8, 4) is 0 Å². The molecular formula is C14H21ClIN3. The van der Waals surface area contributed by atoms with Crippen LogP contribution in [0.15, 0.2) is 29.3 Å². The third kappa shape index (κ3) is 4.53. The van der Waals surface area contributed by atoms with Gasteiger partial charge >= 0.3 is 0 Å². The van der Waals surface area contributed by atoms with E-state index in [4.69, 9.17) is 17.3 Å². The molecule has 0 spiro atoms. The molecule has 0 aliphatic heterocycles. The Morgan fingerprint density at radius 1 is 1.47 bits per heavy atom. The van der Waals surface area contributed by atoms with Crippen molar-refractivity contribution in [1.82, 2.24) is 5.32 Å². The van der Waals surface area contributed by atoms with Crippen molar-refractivity contribution >= 4 is 41.5 Å². The number of nitrogens with one attached hydrogen (secondary N) is 1. The Morgan fingerprint density at radius 2 is 2.16 bits per heavy atom. The van der Waals surface area contributed by atoms with E-state index >= 15 is 0 Å². The third-order valence-electron chi connectivity index (χ3n) is 3.28. The van der Waals surface area contributed by atoms with Gasteiger partial charge in [0.25, 0.3) is 0 Å². The quantitative estimate of drug-likeness (QED) is 0.468. The lowest BCUT2D eigenvalue weighted by Crippen LogP contribution is -2.37. The Kier molecular flexibility index (Phi) is 5.92. The van der Waals surface area contributed by atoms with Crippen LogP contribution in [-0.2, 0) is 5.41 Å². The lowest BCUT2D eigenvalue weighted by Gasteiger charge is -2.15. The number of guanidine groups is 1. The molecule has 1 aliphatic carbocycles. The fourth-order valence-corrected chi connectivity index (χ4v) is 2.28. The van der Waals surface area contributed by atoms with Crippen LogP contribution in [0.5, 0.6) is 0 Å². The Balaban J connectivity index is 0.00000180. The molecular weight excluding hydrogens is 373 g/mol. The molecule has 0 saturated heterocycles. The van der Waals surface area contributed by atoms with Gasteiger partial charge in [-0.3, -0.25) is 4.99 Å². The number of nitrogens with two attached hydrogens (primary N) is 1. The maximum absolute atomic E-state index is 6.04. The summed E-state index contributed by atoms with van der Waals surface area (Å²) in [6, 6.07) is 8.38. The Morgan fingerprint density at radius 3 is 2.68 bits per heavy atom. The topological polar surface area (TPSA) is 50.4 Å². The van der Waals surface area contributed by atoms with E-state index in [0.717, 1.165) is 24.4 Å². The predicted molar refractivity (Wildman–Crippen MR) is 92.5 cm³/mol. The molecule has 1 fully saturated rings. The summed E-state index contributed by atoms with van der Waals surface area (Å²) in [4.78, 5) is 4.44. The van der Waals surface area contributed by atoms with Gasteiger partial charge in [0.05, 0.1) is 6.54 Å². The maximum atomic E-state index is 6.04. The maximum Gasteiger partial charge on any atom is 0.188 e. The number of hydrogen-bond donors (Lipinski definition) is 2. The van der Waals surface area contributed by atoms with E-state index in [2.05, 4.69) is 16.4 Å². The van der Waals surface area contributed by atoms with Gasteiger partial charge < -0.3 is 11.1 Å². The molecule has 0 aromatic heterocycles. The second-order valence-corrected chi connectivity index (χ2v) is 5.73. The fraction of sp³-hybridized carbons (Fsp3) is 0.500.